The van der Waals surface area contributed by atoms with Crippen molar-refractivity contribution in [1.82, 2.24) is 0 Å². The van der Waals surface area contributed by atoms with Gasteiger partial charge in [0.05, 0.1) is 0 Å². The van der Waals surface area contributed by atoms with Gasteiger partial charge < -0.3 is 20.3 Å². The van der Waals surface area contributed by atoms with Gasteiger partial charge in [0.2, 0.25) is 0 Å². The van der Waals surface area contributed by atoms with Gasteiger partial charge >= 0.3 is 0 Å². The zero-order valence-electron chi connectivity index (χ0n) is 7.69. The molecule has 1 atom stereocenters. The van der Waals surface area contributed by atoms with E-state index in [-0.39, 0.29) is 5.56 Å². The van der Waals surface area contributed by atoms with Crippen LogP contribution in [-0.4, -0.2) is 17.0 Å². The molecule has 0 saturated carbocycles. The van der Waals surface area contributed by atoms with Crippen LogP contribution in [0.4, 0.5) is 5.69 Å². The van der Waals surface area contributed by atoms with Gasteiger partial charge in [0.1, 0.15) is 0 Å². The SMILES string of the molecule is O=C([O-])CC1(O)C(=O)Nc2ccccc21. The average Bonchev–Trinajstić information content (AvgIpc) is 2.39. The fourth-order valence-corrected chi connectivity index (χ4v) is 1.69. The Labute approximate surface area is 85.3 Å². The number of carbonyl (C=O) groups excluding carboxylic acids is 2. The number of nitrogens with one attached hydrogen (secondary N) is 1. The third-order valence-corrected chi connectivity index (χ3v) is 2.40. The summed E-state index contributed by atoms with van der Waals surface area (Å²) < 4.78 is 0. The predicted molar refractivity (Wildman–Crippen MR) is 48.6 cm³/mol. The van der Waals surface area contributed by atoms with Crippen molar-refractivity contribution < 1.29 is 19.8 Å². The van der Waals surface area contributed by atoms with Crippen molar-refractivity contribution in [3.05, 3.63) is 29.8 Å². The van der Waals surface area contributed by atoms with E-state index in [1.807, 2.05) is 0 Å². The first-order chi connectivity index (χ1) is 7.04. The number of rotatable bonds is 2. The molecule has 0 bridgehead atoms. The largest absolute Gasteiger partial charge is 0.550 e. The van der Waals surface area contributed by atoms with Crippen LogP contribution in [0.2, 0.25) is 0 Å². The first-order valence-electron chi connectivity index (χ1n) is 4.37. The number of aliphatic hydroxyl groups is 1. The molecule has 0 spiro atoms. The van der Waals surface area contributed by atoms with Crippen LogP contribution in [0.25, 0.3) is 0 Å². The van der Waals surface area contributed by atoms with Crippen LogP contribution >= 0.6 is 0 Å². The minimum Gasteiger partial charge on any atom is -0.550 e. The molecular formula is C10H8NO4-. The number of carbonyl (C=O) groups is 2. The number of aliphatic carboxylic acids is 1. The van der Waals surface area contributed by atoms with Crippen molar-refractivity contribution in [1.29, 1.82) is 0 Å². The molecule has 5 nitrogen and oxygen atoms in total. The van der Waals surface area contributed by atoms with E-state index >= 15 is 0 Å². The van der Waals surface area contributed by atoms with Crippen LogP contribution in [0, 0.1) is 0 Å². The maximum absolute atomic E-state index is 11.4. The van der Waals surface area contributed by atoms with E-state index in [0.717, 1.165) is 0 Å². The molecule has 78 valence electrons. The van der Waals surface area contributed by atoms with Gasteiger partial charge in [0.25, 0.3) is 5.91 Å². The van der Waals surface area contributed by atoms with Gasteiger partial charge in [-0.3, -0.25) is 4.79 Å². The Kier molecular flexibility index (Phi) is 1.97. The number of carboxylic acids is 1. The molecule has 0 saturated heterocycles. The fraction of sp³-hybridized carbons (Fsp3) is 0.200. The lowest BCUT2D eigenvalue weighted by Crippen LogP contribution is -2.40. The highest BCUT2D eigenvalue weighted by Crippen LogP contribution is 2.37. The van der Waals surface area contributed by atoms with Gasteiger partial charge in [-0.05, 0) is 6.07 Å². The average molecular weight is 206 g/mol. The molecule has 1 unspecified atom stereocenters. The van der Waals surface area contributed by atoms with Crippen molar-refractivity contribution in [2.45, 2.75) is 12.0 Å². The molecule has 1 amide bonds. The van der Waals surface area contributed by atoms with E-state index in [2.05, 4.69) is 5.32 Å². The number of fused-ring (bicyclic) bond motifs is 1. The van der Waals surface area contributed by atoms with E-state index in [1.54, 1.807) is 18.2 Å². The highest BCUT2D eigenvalue weighted by molar-refractivity contribution is 6.06. The molecule has 1 heterocycles. The van der Waals surface area contributed by atoms with Gasteiger partial charge in [0.15, 0.2) is 5.60 Å². The van der Waals surface area contributed by atoms with Crippen LogP contribution in [0.3, 0.4) is 0 Å². The van der Waals surface area contributed by atoms with E-state index in [9.17, 15) is 19.8 Å². The van der Waals surface area contributed by atoms with Crippen molar-refractivity contribution >= 4 is 17.6 Å². The molecule has 2 rings (SSSR count). The maximum atomic E-state index is 11.4. The summed E-state index contributed by atoms with van der Waals surface area (Å²) >= 11 is 0. The van der Waals surface area contributed by atoms with Crippen LogP contribution in [-0.2, 0) is 15.2 Å². The zero-order chi connectivity index (χ0) is 11.1. The van der Waals surface area contributed by atoms with Crippen LogP contribution in [0.5, 0.6) is 0 Å². The number of para-hydroxylation sites is 1. The maximum Gasteiger partial charge on any atom is 0.261 e. The molecule has 1 aliphatic rings. The van der Waals surface area contributed by atoms with Crippen molar-refractivity contribution in [3.63, 3.8) is 0 Å². The summed E-state index contributed by atoms with van der Waals surface area (Å²) in [7, 11) is 0. The van der Waals surface area contributed by atoms with E-state index < -0.39 is 23.9 Å². The second-order valence-electron chi connectivity index (χ2n) is 3.41. The second kappa shape index (κ2) is 3.06. The number of benzene rings is 1. The van der Waals surface area contributed by atoms with Gasteiger partial charge in [-0.1, -0.05) is 18.2 Å². The van der Waals surface area contributed by atoms with Gasteiger partial charge in [0, 0.05) is 23.6 Å². The van der Waals surface area contributed by atoms with E-state index in [0.29, 0.717) is 5.69 Å². The summed E-state index contributed by atoms with van der Waals surface area (Å²) in [6, 6.07) is 6.42. The van der Waals surface area contributed by atoms with Crippen molar-refractivity contribution in [2.24, 2.45) is 0 Å². The number of carboxylic acid groups (broad SMARTS) is 1. The summed E-state index contributed by atoms with van der Waals surface area (Å²) in [6.07, 6.45) is -0.740. The number of amides is 1. The third-order valence-electron chi connectivity index (χ3n) is 2.40. The van der Waals surface area contributed by atoms with Crippen LogP contribution in [0.15, 0.2) is 24.3 Å². The van der Waals surface area contributed by atoms with Crippen molar-refractivity contribution in [3.8, 4) is 0 Å². The Morgan fingerprint density at radius 3 is 2.80 bits per heavy atom. The lowest BCUT2D eigenvalue weighted by molar-refractivity contribution is -0.309. The van der Waals surface area contributed by atoms with Gasteiger partial charge in [-0.2, -0.15) is 0 Å². The summed E-state index contributed by atoms with van der Waals surface area (Å²) in [5.41, 5.74) is -1.29. The third kappa shape index (κ3) is 1.37. The molecule has 2 N–H and O–H groups in total. The van der Waals surface area contributed by atoms with Crippen LogP contribution < -0.4 is 10.4 Å². The topological polar surface area (TPSA) is 89.5 Å². The molecule has 0 fully saturated rings. The monoisotopic (exact) mass is 206 g/mol. The standard InChI is InChI=1S/C10H9NO4/c12-8(13)5-10(15)6-3-1-2-4-7(6)11-9(10)14/h1-4,15H,5H2,(H,11,14)(H,12,13)/p-1. The number of anilines is 1. The smallest absolute Gasteiger partial charge is 0.261 e. The summed E-state index contributed by atoms with van der Waals surface area (Å²) in [6.45, 7) is 0. The second-order valence-corrected chi connectivity index (χ2v) is 3.41. The predicted octanol–water partition coefficient (Wildman–Crippen LogP) is -1.03. The van der Waals surface area contributed by atoms with E-state index in [1.165, 1.54) is 6.07 Å². The lowest BCUT2D eigenvalue weighted by atomic mass is 9.92. The number of hydrogen-bond acceptors (Lipinski definition) is 4. The molecule has 1 aromatic carbocycles. The quantitative estimate of drug-likeness (QED) is 0.647. The van der Waals surface area contributed by atoms with Gasteiger partial charge in [-0.15, -0.1) is 0 Å². The molecule has 0 aliphatic carbocycles. The molecular weight excluding hydrogens is 198 g/mol. The molecule has 1 aromatic rings. The highest BCUT2D eigenvalue weighted by Gasteiger charge is 2.44. The fourth-order valence-electron chi connectivity index (χ4n) is 1.69. The van der Waals surface area contributed by atoms with Crippen molar-refractivity contribution in [2.75, 3.05) is 5.32 Å². The van der Waals surface area contributed by atoms with Crippen LogP contribution in [0.1, 0.15) is 12.0 Å². The Morgan fingerprint density at radius 2 is 2.13 bits per heavy atom. The number of hydrogen-bond donors (Lipinski definition) is 2. The van der Waals surface area contributed by atoms with Gasteiger partial charge in [-0.25, -0.2) is 0 Å². The minimum atomic E-state index is -2.00. The molecule has 0 radical (unpaired) electrons. The molecule has 1 aliphatic heterocycles. The highest BCUT2D eigenvalue weighted by atomic mass is 16.4. The Hall–Kier alpha value is -1.88. The molecule has 15 heavy (non-hydrogen) atoms. The molecule has 5 heteroatoms. The Morgan fingerprint density at radius 1 is 1.47 bits per heavy atom. The molecule has 0 aromatic heterocycles. The lowest BCUT2D eigenvalue weighted by Gasteiger charge is -2.20. The zero-order valence-corrected chi connectivity index (χ0v) is 7.69. The Bertz CT molecular complexity index is 443. The Balaban J connectivity index is 2.49. The first-order valence-corrected chi connectivity index (χ1v) is 4.37. The first kappa shape index (κ1) is 9.67. The normalized spacial score (nSPS) is 23.4. The summed E-state index contributed by atoms with van der Waals surface area (Å²) in [4.78, 5) is 21.9. The summed E-state index contributed by atoms with van der Waals surface area (Å²) in [5.74, 6) is -2.20. The van der Waals surface area contributed by atoms with E-state index in [4.69, 9.17) is 0 Å². The summed E-state index contributed by atoms with van der Waals surface area (Å²) in [5, 5.41) is 22.8. The minimum absolute atomic E-state index is 0.277.